The molecular weight excluding hydrogens is 292 g/mol. The minimum atomic E-state index is -0.181. The normalized spacial score (nSPS) is 19.6. The number of nitrogens with zero attached hydrogens (tertiary/aromatic N) is 1. The van der Waals surface area contributed by atoms with Crippen LogP contribution in [0.4, 0.5) is 0 Å². The summed E-state index contributed by atoms with van der Waals surface area (Å²) in [5.74, 6) is 0.996. The molecule has 1 atom stereocenters. The van der Waals surface area contributed by atoms with Crippen LogP contribution in [0.5, 0.6) is 5.75 Å². The minimum Gasteiger partial charge on any atom is -0.493 e. The lowest BCUT2D eigenvalue weighted by Gasteiger charge is -2.36. The first-order chi connectivity index (χ1) is 8.37. The predicted molar refractivity (Wildman–Crippen MR) is 77.9 cm³/mol. The second kappa shape index (κ2) is 5.19. The Hall–Kier alpha value is -0.580. The van der Waals surface area contributed by atoms with Crippen LogP contribution in [0.3, 0.4) is 0 Å². The number of rotatable bonds is 3. The molecule has 0 spiro atoms. The first kappa shape index (κ1) is 13.8. The summed E-state index contributed by atoms with van der Waals surface area (Å²) < 4.78 is 6.80. The molecule has 0 fully saturated rings. The van der Waals surface area contributed by atoms with Gasteiger partial charge in [-0.25, -0.2) is 0 Å². The minimum absolute atomic E-state index is 0.181. The number of halogens is 1. The van der Waals surface area contributed by atoms with E-state index in [0.717, 1.165) is 29.8 Å². The van der Waals surface area contributed by atoms with Crippen molar-refractivity contribution in [3.8, 4) is 5.75 Å². The molecule has 1 aromatic carbocycles. The van der Waals surface area contributed by atoms with Crippen molar-refractivity contribution in [2.75, 3.05) is 20.2 Å². The quantitative estimate of drug-likeness (QED) is 0.932. The first-order valence-electron chi connectivity index (χ1n) is 6.28. The maximum Gasteiger partial charge on any atom is 0.124 e. The summed E-state index contributed by atoms with van der Waals surface area (Å²) in [6, 6.07) is 6.59. The van der Waals surface area contributed by atoms with E-state index in [1.54, 1.807) is 0 Å². The van der Waals surface area contributed by atoms with Crippen molar-refractivity contribution in [3.05, 3.63) is 28.2 Å². The third-order valence-corrected chi connectivity index (χ3v) is 3.66. The molecule has 0 saturated heterocycles. The molecule has 0 radical (unpaired) electrons. The molecule has 18 heavy (non-hydrogen) atoms. The van der Waals surface area contributed by atoms with Gasteiger partial charge in [0.1, 0.15) is 5.75 Å². The van der Waals surface area contributed by atoms with Gasteiger partial charge >= 0.3 is 0 Å². The standard InChI is InChI=1S/C14H21BrN2O/c1-14(2,16)9-17(3)12-6-7-18-13-5-4-10(15)8-11(12)13/h4-5,8,12H,6-7,9,16H2,1-3H3. The van der Waals surface area contributed by atoms with E-state index in [1.807, 2.05) is 12.1 Å². The van der Waals surface area contributed by atoms with Gasteiger partial charge in [0.2, 0.25) is 0 Å². The Labute approximate surface area is 117 Å². The van der Waals surface area contributed by atoms with Crippen LogP contribution in [0, 0.1) is 0 Å². The van der Waals surface area contributed by atoms with Crippen molar-refractivity contribution in [1.29, 1.82) is 0 Å². The van der Waals surface area contributed by atoms with Gasteiger partial charge in [-0.1, -0.05) is 15.9 Å². The van der Waals surface area contributed by atoms with Crippen molar-refractivity contribution >= 4 is 15.9 Å². The summed E-state index contributed by atoms with van der Waals surface area (Å²) in [6.07, 6.45) is 1.01. The summed E-state index contributed by atoms with van der Waals surface area (Å²) in [6.45, 7) is 5.76. The predicted octanol–water partition coefficient (Wildman–Crippen LogP) is 2.94. The molecule has 2 N–H and O–H groups in total. The lowest BCUT2D eigenvalue weighted by Crippen LogP contribution is -2.45. The van der Waals surface area contributed by atoms with E-state index >= 15 is 0 Å². The van der Waals surface area contributed by atoms with E-state index in [2.05, 4.69) is 47.8 Å². The van der Waals surface area contributed by atoms with Gasteiger partial charge in [0.25, 0.3) is 0 Å². The van der Waals surface area contributed by atoms with Crippen LogP contribution in [0.25, 0.3) is 0 Å². The maximum absolute atomic E-state index is 6.11. The molecule has 0 saturated carbocycles. The summed E-state index contributed by atoms with van der Waals surface area (Å²) in [4.78, 5) is 2.33. The van der Waals surface area contributed by atoms with Gasteiger partial charge < -0.3 is 10.5 Å². The number of ether oxygens (including phenoxy) is 1. The van der Waals surface area contributed by atoms with Crippen molar-refractivity contribution in [2.45, 2.75) is 31.8 Å². The van der Waals surface area contributed by atoms with Gasteiger partial charge in [0, 0.05) is 34.6 Å². The van der Waals surface area contributed by atoms with Gasteiger partial charge in [-0.05, 0) is 39.1 Å². The molecule has 1 aliphatic rings. The molecule has 0 amide bonds. The third kappa shape index (κ3) is 3.25. The zero-order valence-electron chi connectivity index (χ0n) is 11.2. The van der Waals surface area contributed by atoms with Gasteiger partial charge in [-0.15, -0.1) is 0 Å². The SMILES string of the molecule is CN(CC(C)(C)N)C1CCOc2ccc(Br)cc21. The number of hydrogen-bond acceptors (Lipinski definition) is 3. The van der Waals surface area contributed by atoms with Crippen LogP contribution < -0.4 is 10.5 Å². The summed E-state index contributed by atoms with van der Waals surface area (Å²) >= 11 is 3.53. The summed E-state index contributed by atoms with van der Waals surface area (Å²) in [7, 11) is 2.13. The second-order valence-electron chi connectivity index (χ2n) is 5.74. The molecule has 100 valence electrons. The highest BCUT2D eigenvalue weighted by Crippen LogP contribution is 2.37. The molecule has 0 bridgehead atoms. The molecule has 3 nitrogen and oxygen atoms in total. The van der Waals surface area contributed by atoms with Crippen molar-refractivity contribution in [1.82, 2.24) is 4.90 Å². The molecular formula is C14H21BrN2O. The fourth-order valence-electron chi connectivity index (χ4n) is 2.56. The first-order valence-corrected chi connectivity index (χ1v) is 7.07. The zero-order chi connectivity index (χ0) is 13.3. The summed E-state index contributed by atoms with van der Waals surface area (Å²) in [5.41, 5.74) is 7.18. The smallest absolute Gasteiger partial charge is 0.124 e. The van der Waals surface area contributed by atoms with Gasteiger partial charge in [0.05, 0.1) is 6.61 Å². The third-order valence-electron chi connectivity index (χ3n) is 3.17. The van der Waals surface area contributed by atoms with Crippen LogP contribution in [0.15, 0.2) is 22.7 Å². The highest BCUT2D eigenvalue weighted by molar-refractivity contribution is 9.10. The van der Waals surface area contributed by atoms with Crippen molar-refractivity contribution in [2.24, 2.45) is 5.73 Å². The average molecular weight is 313 g/mol. The van der Waals surface area contributed by atoms with Crippen LogP contribution in [0.1, 0.15) is 31.9 Å². The Morgan fingerprint density at radius 3 is 2.89 bits per heavy atom. The molecule has 4 heteroatoms. The molecule has 1 unspecified atom stereocenters. The fraction of sp³-hybridized carbons (Fsp3) is 0.571. The topological polar surface area (TPSA) is 38.5 Å². The van der Waals surface area contributed by atoms with Gasteiger partial charge in [-0.3, -0.25) is 4.90 Å². The number of nitrogens with two attached hydrogens (primary N) is 1. The highest BCUT2D eigenvalue weighted by Gasteiger charge is 2.27. The van der Waals surface area contributed by atoms with E-state index < -0.39 is 0 Å². The Kier molecular flexibility index (Phi) is 3.99. The molecule has 0 aromatic heterocycles. The van der Waals surface area contributed by atoms with Gasteiger partial charge in [-0.2, -0.15) is 0 Å². The van der Waals surface area contributed by atoms with E-state index in [4.69, 9.17) is 10.5 Å². The second-order valence-corrected chi connectivity index (χ2v) is 6.65. The lowest BCUT2D eigenvalue weighted by atomic mass is 9.97. The van der Waals surface area contributed by atoms with E-state index in [0.29, 0.717) is 6.04 Å². The van der Waals surface area contributed by atoms with E-state index in [9.17, 15) is 0 Å². The molecule has 1 heterocycles. The molecule has 0 aliphatic carbocycles. The maximum atomic E-state index is 6.11. The largest absolute Gasteiger partial charge is 0.493 e. The molecule has 1 aliphatic heterocycles. The summed E-state index contributed by atoms with van der Waals surface area (Å²) in [5, 5.41) is 0. The average Bonchev–Trinajstić information content (AvgIpc) is 2.25. The van der Waals surface area contributed by atoms with E-state index in [-0.39, 0.29) is 5.54 Å². The van der Waals surface area contributed by atoms with Crippen LogP contribution >= 0.6 is 15.9 Å². The van der Waals surface area contributed by atoms with Crippen LogP contribution in [-0.2, 0) is 0 Å². The zero-order valence-corrected chi connectivity index (χ0v) is 12.8. The number of hydrogen-bond donors (Lipinski definition) is 1. The van der Waals surface area contributed by atoms with Crippen molar-refractivity contribution < 1.29 is 4.74 Å². The lowest BCUT2D eigenvalue weighted by molar-refractivity contribution is 0.146. The van der Waals surface area contributed by atoms with Gasteiger partial charge in [0.15, 0.2) is 0 Å². The Morgan fingerprint density at radius 1 is 1.50 bits per heavy atom. The van der Waals surface area contributed by atoms with Crippen LogP contribution in [-0.4, -0.2) is 30.6 Å². The highest BCUT2D eigenvalue weighted by atomic mass is 79.9. The molecule has 2 rings (SSSR count). The van der Waals surface area contributed by atoms with E-state index in [1.165, 1.54) is 5.56 Å². The number of likely N-dealkylation sites (N-methyl/N-ethyl adjacent to an activating group) is 1. The number of fused-ring (bicyclic) bond motifs is 1. The Morgan fingerprint density at radius 2 is 2.22 bits per heavy atom. The monoisotopic (exact) mass is 312 g/mol. The fourth-order valence-corrected chi connectivity index (χ4v) is 2.94. The Bertz CT molecular complexity index is 428. The molecule has 1 aromatic rings. The Balaban J connectivity index is 2.24. The van der Waals surface area contributed by atoms with Crippen LogP contribution in [0.2, 0.25) is 0 Å². The number of benzene rings is 1. The van der Waals surface area contributed by atoms with Crippen molar-refractivity contribution in [3.63, 3.8) is 0 Å².